The second-order valence-electron chi connectivity index (χ2n) is 8.73. The Bertz CT molecular complexity index is 459. The first-order valence-electron chi connectivity index (χ1n) is 9.75. The van der Waals surface area contributed by atoms with Gasteiger partial charge < -0.3 is 4.90 Å². The second-order valence-corrected chi connectivity index (χ2v) is 9.19. The molecule has 3 aliphatic rings. The van der Waals surface area contributed by atoms with Crippen molar-refractivity contribution in [3.63, 3.8) is 0 Å². The molecule has 1 heterocycles. The van der Waals surface area contributed by atoms with Crippen molar-refractivity contribution in [1.82, 2.24) is 4.90 Å². The molecule has 138 valence electrons. The molecule has 0 aromatic rings. The van der Waals surface area contributed by atoms with Crippen molar-refractivity contribution in [3.8, 4) is 0 Å². The van der Waals surface area contributed by atoms with Crippen LogP contribution in [0.3, 0.4) is 0 Å². The van der Waals surface area contributed by atoms with E-state index in [2.05, 4.69) is 39.7 Å². The van der Waals surface area contributed by atoms with Gasteiger partial charge in [-0.15, -0.1) is 0 Å². The standard InChI is InChI=1S/C20H32BrF2N/c1-14(13-24-10-7-15(8-11-24)19(22)23)17-5-6-18-16(12-21)4-3-9-20(17,18)2/h12,14-15,17-19H,3-11,13H2,1-2H3/b16-12+/t14?,17-,18-,20-/m1/s1. The van der Waals surface area contributed by atoms with Crippen LogP contribution in [0.25, 0.3) is 0 Å². The van der Waals surface area contributed by atoms with E-state index < -0.39 is 6.43 Å². The number of allylic oxidation sites excluding steroid dienone is 1. The quantitative estimate of drug-likeness (QED) is 0.548. The van der Waals surface area contributed by atoms with Gasteiger partial charge in [-0.25, -0.2) is 8.78 Å². The van der Waals surface area contributed by atoms with E-state index in [9.17, 15) is 8.78 Å². The maximum Gasteiger partial charge on any atom is 0.241 e. The zero-order valence-electron chi connectivity index (χ0n) is 15.1. The van der Waals surface area contributed by atoms with Crippen LogP contribution in [0, 0.1) is 29.1 Å². The van der Waals surface area contributed by atoms with Crippen LogP contribution in [-0.2, 0) is 0 Å². The number of nitrogens with zero attached hydrogens (tertiary/aromatic N) is 1. The van der Waals surface area contributed by atoms with Gasteiger partial charge in [0.2, 0.25) is 6.43 Å². The van der Waals surface area contributed by atoms with Gasteiger partial charge in [0, 0.05) is 12.5 Å². The number of likely N-dealkylation sites (tertiary alicyclic amines) is 1. The summed E-state index contributed by atoms with van der Waals surface area (Å²) in [6.07, 6.45) is 5.80. The molecule has 0 aromatic heterocycles. The molecule has 0 bridgehead atoms. The lowest BCUT2D eigenvalue weighted by Crippen LogP contribution is -2.42. The Balaban J connectivity index is 1.59. The summed E-state index contributed by atoms with van der Waals surface area (Å²) >= 11 is 3.59. The van der Waals surface area contributed by atoms with Gasteiger partial charge in [0.1, 0.15) is 0 Å². The zero-order chi connectivity index (χ0) is 17.3. The topological polar surface area (TPSA) is 3.24 Å². The van der Waals surface area contributed by atoms with Crippen LogP contribution < -0.4 is 0 Å². The van der Waals surface area contributed by atoms with E-state index in [4.69, 9.17) is 0 Å². The van der Waals surface area contributed by atoms with E-state index in [-0.39, 0.29) is 5.92 Å². The fourth-order valence-electron chi connectivity index (χ4n) is 6.07. The molecular weight excluding hydrogens is 372 g/mol. The Labute approximate surface area is 154 Å². The highest BCUT2D eigenvalue weighted by molar-refractivity contribution is 9.11. The van der Waals surface area contributed by atoms with E-state index in [0.717, 1.165) is 31.5 Å². The highest BCUT2D eigenvalue weighted by Crippen LogP contribution is 2.59. The van der Waals surface area contributed by atoms with E-state index >= 15 is 0 Å². The Hall–Kier alpha value is 0.0400. The molecule has 2 saturated carbocycles. The highest BCUT2D eigenvalue weighted by atomic mass is 79.9. The first-order valence-corrected chi connectivity index (χ1v) is 10.7. The SMILES string of the molecule is CC(CN1CCC(C(F)F)CC1)[C@H]1CC[C@@H]2/C(=C/Br)CCC[C@@]21C. The summed E-state index contributed by atoms with van der Waals surface area (Å²) in [5, 5.41) is 0. The molecule has 0 radical (unpaired) electrons. The third-order valence-electron chi connectivity index (χ3n) is 7.40. The van der Waals surface area contributed by atoms with Crippen LogP contribution >= 0.6 is 15.9 Å². The van der Waals surface area contributed by atoms with Gasteiger partial charge in [0.15, 0.2) is 0 Å². The molecule has 1 unspecified atom stereocenters. The van der Waals surface area contributed by atoms with Crippen molar-refractivity contribution < 1.29 is 8.78 Å². The Kier molecular flexibility index (Phi) is 6.07. The Morgan fingerprint density at radius 1 is 1.25 bits per heavy atom. The van der Waals surface area contributed by atoms with Crippen LogP contribution in [0.15, 0.2) is 10.6 Å². The van der Waals surface area contributed by atoms with Crippen LogP contribution in [0.2, 0.25) is 0 Å². The molecule has 1 saturated heterocycles. The van der Waals surface area contributed by atoms with E-state index in [1.54, 1.807) is 5.57 Å². The smallest absolute Gasteiger partial charge is 0.241 e. The monoisotopic (exact) mass is 403 g/mol. The van der Waals surface area contributed by atoms with E-state index in [1.807, 2.05) is 0 Å². The zero-order valence-corrected chi connectivity index (χ0v) is 16.7. The lowest BCUT2D eigenvalue weighted by atomic mass is 9.61. The molecule has 4 atom stereocenters. The third-order valence-corrected chi connectivity index (χ3v) is 7.99. The minimum atomic E-state index is -2.13. The number of alkyl halides is 2. The van der Waals surface area contributed by atoms with E-state index in [0.29, 0.717) is 24.2 Å². The molecule has 1 nitrogen and oxygen atoms in total. The number of fused-ring (bicyclic) bond motifs is 1. The van der Waals surface area contributed by atoms with Crippen LogP contribution in [0.4, 0.5) is 8.78 Å². The van der Waals surface area contributed by atoms with Crippen molar-refractivity contribution in [1.29, 1.82) is 0 Å². The predicted molar refractivity (Wildman–Crippen MR) is 99.5 cm³/mol. The maximum atomic E-state index is 12.8. The van der Waals surface area contributed by atoms with Crippen molar-refractivity contribution in [2.45, 2.75) is 65.2 Å². The number of hydrogen-bond donors (Lipinski definition) is 0. The normalized spacial score (nSPS) is 38.7. The van der Waals surface area contributed by atoms with Gasteiger partial charge in [-0.2, -0.15) is 0 Å². The molecule has 24 heavy (non-hydrogen) atoms. The van der Waals surface area contributed by atoms with Gasteiger partial charge in [-0.1, -0.05) is 35.4 Å². The minimum absolute atomic E-state index is 0.366. The largest absolute Gasteiger partial charge is 0.303 e. The molecule has 2 aliphatic carbocycles. The maximum absolute atomic E-state index is 12.8. The summed E-state index contributed by atoms with van der Waals surface area (Å²) < 4.78 is 25.7. The van der Waals surface area contributed by atoms with Crippen molar-refractivity contribution in [2.24, 2.45) is 29.1 Å². The summed E-state index contributed by atoms with van der Waals surface area (Å²) in [4.78, 5) is 4.64. The van der Waals surface area contributed by atoms with Gasteiger partial charge in [0.25, 0.3) is 0 Å². The summed E-state index contributed by atoms with van der Waals surface area (Å²) in [6, 6.07) is 0. The van der Waals surface area contributed by atoms with Crippen molar-refractivity contribution in [2.75, 3.05) is 19.6 Å². The second kappa shape index (κ2) is 7.73. The molecule has 0 amide bonds. The van der Waals surface area contributed by atoms with Crippen LogP contribution in [-0.4, -0.2) is 31.0 Å². The number of rotatable bonds is 4. The fraction of sp³-hybridized carbons (Fsp3) is 0.900. The minimum Gasteiger partial charge on any atom is -0.303 e. The highest BCUT2D eigenvalue weighted by Gasteiger charge is 2.50. The van der Waals surface area contributed by atoms with E-state index in [1.165, 1.54) is 32.1 Å². The molecule has 3 rings (SSSR count). The molecule has 0 N–H and O–H groups in total. The number of halogens is 3. The first kappa shape index (κ1) is 18.8. The molecule has 1 aliphatic heterocycles. The Morgan fingerprint density at radius 3 is 2.58 bits per heavy atom. The molecular formula is C20H32BrF2N. The summed E-state index contributed by atoms with van der Waals surface area (Å²) in [5.41, 5.74) is 2.06. The van der Waals surface area contributed by atoms with Crippen molar-refractivity contribution >= 4 is 15.9 Å². The van der Waals surface area contributed by atoms with Gasteiger partial charge in [-0.05, 0) is 86.2 Å². The van der Waals surface area contributed by atoms with Gasteiger partial charge in [-0.3, -0.25) is 0 Å². The third kappa shape index (κ3) is 3.60. The average Bonchev–Trinajstić information content (AvgIpc) is 2.92. The summed E-state index contributed by atoms with van der Waals surface area (Å²) in [7, 11) is 0. The molecule has 3 fully saturated rings. The predicted octanol–water partition coefficient (Wildman–Crippen LogP) is 6.09. The lowest BCUT2D eigenvalue weighted by molar-refractivity contribution is 0.0228. The first-order chi connectivity index (χ1) is 11.5. The number of piperidine rings is 1. The molecule has 4 heteroatoms. The Morgan fingerprint density at radius 2 is 1.96 bits per heavy atom. The van der Waals surface area contributed by atoms with Crippen molar-refractivity contribution in [3.05, 3.63) is 10.6 Å². The lowest BCUT2D eigenvalue weighted by Gasteiger charge is -2.45. The van der Waals surface area contributed by atoms with Crippen LogP contribution in [0.1, 0.15) is 58.8 Å². The summed E-state index contributed by atoms with van der Waals surface area (Å²) in [5.74, 6) is 1.83. The fourth-order valence-corrected chi connectivity index (χ4v) is 6.62. The van der Waals surface area contributed by atoms with Gasteiger partial charge in [0.05, 0.1) is 0 Å². The van der Waals surface area contributed by atoms with Gasteiger partial charge >= 0.3 is 0 Å². The average molecular weight is 404 g/mol. The molecule has 0 aromatic carbocycles. The number of hydrogen-bond acceptors (Lipinski definition) is 1. The summed E-state index contributed by atoms with van der Waals surface area (Å²) in [6.45, 7) is 7.74. The van der Waals surface area contributed by atoms with Crippen LogP contribution in [0.5, 0.6) is 0 Å². The molecule has 0 spiro atoms.